The standard InChI is InChI=1S/C26H29NO2P/c1-4-20-29-27(22(2)3)26(28)21-30(23-14-8-5-9-15-23,24-16-10-6-11-17-24)25-18-12-7-13-19-25/h4-19,22H,1,20-21H2,2-3H3/q+1. The van der Waals surface area contributed by atoms with Crippen molar-refractivity contribution in [1.82, 2.24) is 5.06 Å². The average Bonchev–Trinajstić information content (AvgIpc) is 2.79. The van der Waals surface area contributed by atoms with E-state index in [1.807, 2.05) is 32.0 Å². The summed E-state index contributed by atoms with van der Waals surface area (Å²) in [6.45, 7) is 7.95. The van der Waals surface area contributed by atoms with E-state index in [0.717, 1.165) is 0 Å². The molecule has 0 atom stereocenters. The zero-order chi connectivity index (χ0) is 21.4. The van der Waals surface area contributed by atoms with Crippen molar-refractivity contribution in [3.8, 4) is 0 Å². The van der Waals surface area contributed by atoms with Gasteiger partial charge in [0.15, 0.2) is 6.16 Å². The van der Waals surface area contributed by atoms with Crippen LogP contribution in [0, 0.1) is 0 Å². The Balaban J connectivity index is 2.18. The average molecular weight is 418 g/mol. The molecule has 3 aromatic carbocycles. The van der Waals surface area contributed by atoms with E-state index < -0.39 is 7.26 Å². The smallest absolute Gasteiger partial charge is 0.268 e. The summed E-state index contributed by atoms with van der Waals surface area (Å²) in [5.74, 6) is -0.0169. The Labute approximate surface area is 180 Å². The molecule has 0 spiro atoms. The molecule has 1 amide bonds. The number of hydrogen-bond acceptors (Lipinski definition) is 2. The van der Waals surface area contributed by atoms with Gasteiger partial charge in [-0.05, 0) is 50.2 Å². The van der Waals surface area contributed by atoms with Crippen LogP contribution in [-0.2, 0) is 9.63 Å². The molecular formula is C26H29NO2P+. The predicted octanol–water partition coefficient (Wildman–Crippen LogP) is 4.34. The lowest BCUT2D eigenvalue weighted by Gasteiger charge is -2.31. The Morgan fingerprint density at radius 2 is 1.27 bits per heavy atom. The molecule has 0 saturated heterocycles. The number of hydroxylamine groups is 2. The molecule has 0 fully saturated rings. The van der Waals surface area contributed by atoms with E-state index in [-0.39, 0.29) is 11.9 Å². The number of carbonyl (C=O) groups excluding carboxylic acids is 1. The van der Waals surface area contributed by atoms with Crippen molar-refractivity contribution in [2.24, 2.45) is 0 Å². The first-order valence-corrected chi connectivity index (χ1v) is 12.2. The molecule has 0 unspecified atom stereocenters. The Morgan fingerprint density at radius 1 is 0.867 bits per heavy atom. The lowest BCUT2D eigenvalue weighted by molar-refractivity contribution is -0.189. The summed E-state index contributed by atoms with van der Waals surface area (Å²) in [6.07, 6.45) is 2.02. The van der Waals surface area contributed by atoms with Crippen LogP contribution in [0.25, 0.3) is 0 Å². The molecule has 0 aliphatic carbocycles. The minimum atomic E-state index is -2.23. The zero-order valence-electron chi connectivity index (χ0n) is 17.6. The number of carbonyl (C=O) groups is 1. The van der Waals surface area contributed by atoms with E-state index in [9.17, 15) is 4.79 Å². The summed E-state index contributed by atoms with van der Waals surface area (Å²) >= 11 is 0. The van der Waals surface area contributed by atoms with Crippen molar-refractivity contribution in [3.63, 3.8) is 0 Å². The number of rotatable bonds is 9. The SMILES string of the molecule is C=CCON(C(=O)C[P+](c1ccccc1)(c1ccccc1)c1ccccc1)C(C)C. The van der Waals surface area contributed by atoms with Crippen molar-refractivity contribution in [1.29, 1.82) is 0 Å². The number of nitrogens with zero attached hydrogens (tertiary/aromatic N) is 1. The van der Waals surface area contributed by atoms with Gasteiger partial charge in [-0.25, -0.2) is 5.06 Å². The molecule has 30 heavy (non-hydrogen) atoms. The maximum atomic E-state index is 13.6. The molecule has 3 rings (SSSR count). The maximum Gasteiger partial charge on any atom is 0.285 e. The Hall–Kier alpha value is -2.74. The molecule has 0 bridgehead atoms. The van der Waals surface area contributed by atoms with Gasteiger partial charge in [0, 0.05) is 0 Å². The summed E-state index contributed by atoms with van der Waals surface area (Å²) in [6, 6.07) is 31.2. The maximum absolute atomic E-state index is 13.6. The molecule has 0 heterocycles. The first-order valence-electron chi connectivity index (χ1n) is 10.2. The largest absolute Gasteiger partial charge is 0.285 e. The second kappa shape index (κ2) is 10.3. The monoisotopic (exact) mass is 418 g/mol. The van der Waals surface area contributed by atoms with Crippen LogP contribution in [0.1, 0.15) is 13.8 Å². The van der Waals surface area contributed by atoms with E-state index in [4.69, 9.17) is 4.84 Å². The first kappa shape index (κ1) is 22.0. The highest BCUT2D eigenvalue weighted by Crippen LogP contribution is 2.55. The third-order valence-electron chi connectivity index (χ3n) is 5.01. The number of hydrogen-bond donors (Lipinski definition) is 0. The van der Waals surface area contributed by atoms with Gasteiger partial charge in [0.1, 0.15) is 23.2 Å². The van der Waals surface area contributed by atoms with Crippen LogP contribution in [0.2, 0.25) is 0 Å². The third-order valence-corrected chi connectivity index (χ3v) is 9.29. The van der Waals surface area contributed by atoms with Gasteiger partial charge in [-0.2, -0.15) is 0 Å². The van der Waals surface area contributed by atoms with E-state index in [1.54, 1.807) is 6.08 Å². The molecule has 0 aliphatic heterocycles. The molecule has 154 valence electrons. The van der Waals surface area contributed by atoms with Crippen molar-refractivity contribution >= 4 is 29.1 Å². The van der Waals surface area contributed by atoms with E-state index in [2.05, 4.69) is 79.4 Å². The van der Waals surface area contributed by atoms with Gasteiger partial charge in [0.2, 0.25) is 0 Å². The van der Waals surface area contributed by atoms with Gasteiger partial charge in [-0.1, -0.05) is 60.7 Å². The molecule has 0 aromatic heterocycles. The van der Waals surface area contributed by atoms with E-state index >= 15 is 0 Å². The van der Waals surface area contributed by atoms with Crippen LogP contribution in [0.3, 0.4) is 0 Å². The fraction of sp³-hybridized carbons (Fsp3) is 0.192. The number of benzene rings is 3. The van der Waals surface area contributed by atoms with Gasteiger partial charge in [-0.3, -0.25) is 9.63 Å². The van der Waals surface area contributed by atoms with Gasteiger partial charge < -0.3 is 0 Å². The van der Waals surface area contributed by atoms with Crippen molar-refractivity contribution < 1.29 is 9.63 Å². The predicted molar refractivity (Wildman–Crippen MR) is 128 cm³/mol. The van der Waals surface area contributed by atoms with Gasteiger partial charge in [-0.15, -0.1) is 6.58 Å². The lowest BCUT2D eigenvalue weighted by Crippen LogP contribution is -2.44. The van der Waals surface area contributed by atoms with Crippen LogP contribution < -0.4 is 15.9 Å². The quantitative estimate of drug-likeness (QED) is 0.294. The van der Waals surface area contributed by atoms with Crippen LogP contribution in [0.5, 0.6) is 0 Å². The highest BCUT2D eigenvalue weighted by atomic mass is 31.2. The molecule has 0 radical (unpaired) electrons. The zero-order valence-corrected chi connectivity index (χ0v) is 18.5. The van der Waals surface area contributed by atoms with Crippen molar-refractivity contribution in [3.05, 3.63) is 104 Å². The molecule has 3 aromatic rings. The summed E-state index contributed by atoms with van der Waals surface area (Å²) in [7, 11) is -2.23. The summed E-state index contributed by atoms with van der Waals surface area (Å²) in [4.78, 5) is 19.4. The molecule has 4 heteroatoms. The molecule has 0 aliphatic rings. The second-order valence-electron chi connectivity index (χ2n) is 7.37. The van der Waals surface area contributed by atoms with Crippen LogP contribution >= 0.6 is 7.26 Å². The van der Waals surface area contributed by atoms with Crippen LogP contribution in [0.15, 0.2) is 104 Å². The van der Waals surface area contributed by atoms with Gasteiger partial charge >= 0.3 is 0 Å². The highest BCUT2D eigenvalue weighted by Gasteiger charge is 2.48. The van der Waals surface area contributed by atoms with Crippen molar-refractivity contribution in [2.75, 3.05) is 12.8 Å². The Bertz CT molecular complexity index is 846. The molecule has 3 nitrogen and oxygen atoms in total. The summed E-state index contributed by atoms with van der Waals surface area (Å²) in [5, 5.41) is 5.06. The summed E-state index contributed by atoms with van der Waals surface area (Å²) in [5.41, 5.74) is 0. The first-order chi connectivity index (χ1) is 14.6. The minimum Gasteiger partial charge on any atom is -0.268 e. The van der Waals surface area contributed by atoms with Crippen LogP contribution in [0.4, 0.5) is 0 Å². The number of amides is 1. The minimum absolute atomic E-state index is 0.0169. The Morgan fingerprint density at radius 3 is 1.60 bits per heavy atom. The van der Waals surface area contributed by atoms with E-state index in [0.29, 0.717) is 12.8 Å². The molecular weight excluding hydrogens is 389 g/mol. The normalized spacial score (nSPS) is 11.3. The lowest BCUT2D eigenvalue weighted by atomic mass is 10.3. The van der Waals surface area contributed by atoms with Gasteiger partial charge in [0.25, 0.3) is 5.91 Å². The highest BCUT2D eigenvalue weighted by molar-refractivity contribution is 7.96. The van der Waals surface area contributed by atoms with Crippen LogP contribution in [-0.4, -0.2) is 29.8 Å². The second-order valence-corrected chi connectivity index (χ2v) is 10.9. The van der Waals surface area contributed by atoms with Crippen molar-refractivity contribution in [2.45, 2.75) is 19.9 Å². The van der Waals surface area contributed by atoms with E-state index in [1.165, 1.54) is 21.0 Å². The molecule has 0 saturated carbocycles. The Kier molecular flexibility index (Phi) is 7.57. The fourth-order valence-electron chi connectivity index (χ4n) is 3.68. The van der Waals surface area contributed by atoms with Gasteiger partial charge in [0.05, 0.1) is 12.6 Å². The molecule has 0 N–H and O–H groups in total. The fourth-order valence-corrected chi connectivity index (χ4v) is 7.71. The third kappa shape index (κ3) is 4.70. The summed E-state index contributed by atoms with van der Waals surface area (Å²) < 4.78 is 0. The topological polar surface area (TPSA) is 29.5 Å².